The van der Waals surface area contributed by atoms with Gasteiger partial charge in [-0.2, -0.15) is 0 Å². The van der Waals surface area contributed by atoms with Crippen molar-refractivity contribution in [3.8, 4) is 11.5 Å². The fraction of sp³-hybridized carbons (Fsp3) is 0.190. The summed E-state index contributed by atoms with van der Waals surface area (Å²) in [6.45, 7) is 3.75. The third-order valence-corrected chi connectivity index (χ3v) is 5.36. The van der Waals surface area contributed by atoms with Gasteiger partial charge in [0.25, 0.3) is 15.9 Å². The van der Waals surface area contributed by atoms with Gasteiger partial charge in [0.05, 0.1) is 18.1 Å². The molecule has 0 radical (unpaired) electrons. The van der Waals surface area contributed by atoms with E-state index in [0.29, 0.717) is 11.5 Å². The number of fused-ring (bicyclic) bond motifs is 1. The van der Waals surface area contributed by atoms with Crippen LogP contribution in [0.25, 0.3) is 10.8 Å². The minimum Gasteiger partial charge on any atom is -0.493 e. The largest absolute Gasteiger partial charge is 0.493 e. The second-order valence-corrected chi connectivity index (χ2v) is 8.28. The molecule has 152 valence electrons. The van der Waals surface area contributed by atoms with Gasteiger partial charge in [-0.3, -0.25) is 10.2 Å². The molecule has 29 heavy (non-hydrogen) atoms. The summed E-state index contributed by atoms with van der Waals surface area (Å²) in [7, 11) is -2.47. The van der Waals surface area contributed by atoms with Crippen LogP contribution in [0, 0.1) is 0 Å². The highest BCUT2D eigenvalue weighted by Crippen LogP contribution is 2.29. The van der Waals surface area contributed by atoms with E-state index >= 15 is 0 Å². The van der Waals surface area contributed by atoms with E-state index in [1.54, 1.807) is 18.2 Å². The molecule has 3 rings (SSSR count). The zero-order chi connectivity index (χ0) is 21.0. The lowest BCUT2D eigenvalue weighted by molar-refractivity contribution is 0.0944. The number of ether oxygens (including phenoxy) is 2. The summed E-state index contributed by atoms with van der Waals surface area (Å²) in [4.78, 5) is 14.6. The zero-order valence-corrected chi connectivity index (χ0v) is 17.1. The number of hydrogen-bond donors (Lipinski definition) is 2. The molecular formula is C21H22N2O5S. The number of hydrazine groups is 1. The van der Waals surface area contributed by atoms with E-state index in [-0.39, 0.29) is 16.6 Å². The maximum absolute atomic E-state index is 12.5. The van der Waals surface area contributed by atoms with E-state index in [9.17, 15) is 13.2 Å². The molecule has 1 amide bonds. The predicted molar refractivity (Wildman–Crippen MR) is 110 cm³/mol. The highest BCUT2D eigenvalue weighted by molar-refractivity contribution is 7.89. The highest BCUT2D eigenvalue weighted by Gasteiger charge is 2.17. The Morgan fingerprint density at radius 3 is 2.34 bits per heavy atom. The number of methoxy groups -OCH3 is 1. The van der Waals surface area contributed by atoms with Crippen LogP contribution in [-0.2, 0) is 10.0 Å². The van der Waals surface area contributed by atoms with Gasteiger partial charge in [-0.05, 0) is 55.0 Å². The standard InChI is InChI=1S/C21H22N2O5S/c1-14(2)28-19-11-9-17(13-20(19)27-3)21(24)22-23-29(25,26)18-10-8-15-6-4-5-7-16(15)12-18/h4-14,23H,1-3H3,(H,22,24). The van der Waals surface area contributed by atoms with Crippen molar-refractivity contribution < 1.29 is 22.7 Å². The molecule has 7 nitrogen and oxygen atoms in total. The Labute approximate surface area is 169 Å². The molecule has 0 bridgehead atoms. The van der Waals surface area contributed by atoms with Crippen molar-refractivity contribution in [2.75, 3.05) is 7.11 Å². The Bertz CT molecular complexity index is 1140. The summed E-state index contributed by atoms with van der Waals surface area (Å²) in [5, 5.41) is 1.71. The summed E-state index contributed by atoms with van der Waals surface area (Å²) in [5.41, 5.74) is 2.45. The smallest absolute Gasteiger partial charge is 0.266 e. The molecule has 0 aliphatic carbocycles. The number of nitrogens with one attached hydrogen (secondary N) is 2. The third kappa shape index (κ3) is 4.85. The van der Waals surface area contributed by atoms with Crippen molar-refractivity contribution in [1.29, 1.82) is 0 Å². The Morgan fingerprint density at radius 2 is 1.66 bits per heavy atom. The van der Waals surface area contributed by atoms with Gasteiger partial charge in [-0.1, -0.05) is 30.3 Å². The van der Waals surface area contributed by atoms with Crippen LogP contribution in [0.2, 0.25) is 0 Å². The molecule has 3 aromatic rings. The summed E-state index contributed by atoms with van der Waals surface area (Å²) >= 11 is 0. The minimum atomic E-state index is -3.93. The van der Waals surface area contributed by atoms with Gasteiger partial charge in [0, 0.05) is 5.56 Å². The van der Waals surface area contributed by atoms with E-state index in [1.165, 1.54) is 25.3 Å². The molecule has 3 aromatic carbocycles. The van der Waals surface area contributed by atoms with Gasteiger partial charge >= 0.3 is 0 Å². The lowest BCUT2D eigenvalue weighted by Crippen LogP contribution is -2.41. The van der Waals surface area contributed by atoms with Gasteiger partial charge in [0.15, 0.2) is 11.5 Å². The molecule has 8 heteroatoms. The molecule has 0 aromatic heterocycles. The second kappa shape index (κ2) is 8.50. The summed E-state index contributed by atoms with van der Waals surface area (Å²) in [5.74, 6) is 0.253. The number of amides is 1. The van der Waals surface area contributed by atoms with E-state index in [2.05, 4.69) is 10.3 Å². The molecule has 0 saturated heterocycles. The van der Waals surface area contributed by atoms with Crippen molar-refractivity contribution in [2.24, 2.45) is 0 Å². The van der Waals surface area contributed by atoms with Gasteiger partial charge in [0.1, 0.15) is 0 Å². The van der Waals surface area contributed by atoms with Crippen LogP contribution >= 0.6 is 0 Å². The maximum Gasteiger partial charge on any atom is 0.266 e. The summed E-state index contributed by atoms with van der Waals surface area (Å²) in [6, 6.07) is 16.8. The molecule has 0 heterocycles. The predicted octanol–water partition coefficient (Wildman–Crippen LogP) is 3.26. The van der Waals surface area contributed by atoms with E-state index in [1.807, 2.05) is 38.1 Å². The molecule has 0 spiro atoms. The first-order valence-electron chi connectivity index (χ1n) is 8.96. The Morgan fingerprint density at radius 1 is 0.931 bits per heavy atom. The normalized spacial score (nSPS) is 11.4. The molecule has 2 N–H and O–H groups in total. The fourth-order valence-electron chi connectivity index (χ4n) is 2.74. The van der Waals surface area contributed by atoms with Gasteiger partial charge in [-0.25, -0.2) is 8.42 Å². The number of carbonyl (C=O) groups is 1. The molecule has 0 atom stereocenters. The van der Waals surface area contributed by atoms with Gasteiger partial charge < -0.3 is 9.47 Å². The third-order valence-electron chi connectivity index (χ3n) is 4.12. The van der Waals surface area contributed by atoms with Crippen LogP contribution in [0.1, 0.15) is 24.2 Å². The van der Waals surface area contributed by atoms with Gasteiger partial charge in [0.2, 0.25) is 0 Å². The lowest BCUT2D eigenvalue weighted by Gasteiger charge is -2.14. The van der Waals surface area contributed by atoms with Crippen LogP contribution in [0.15, 0.2) is 65.6 Å². The summed E-state index contributed by atoms with van der Waals surface area (Å²) in [6.07, 6.45) is -0.0580. The monoisotopic (exact) mass is 414 g/mol. The molecule has 0 fully saturated rings. The number of carbonyl (C=O) groups excluding carboxylic acids is 1. The average molecular weight is 414 g/mol. The molecule has 0 saturated carbocycles. The van der Waals surface area contributed by atoms with Crippen molar-refractivity contribution in [3.05, 3.63) is 66.2 Å². The second-order valence-electron chi connectivity index (χ2n) is 6.60. The van der Waals surface area contributed by atoms with E-state index < -0.39 is 15.9 Å². The molecule has 0 aliphatic rings. The van der Waals surface area contributed by atoms with E-state index in [0.717, 1.165) is 10.8 Å². The molecule has 0 unspecified atom stereocenters. The van der Waals surface area contributed by atoms with Crippen LogP contribution < -0.4 is 19.7 Å². The topological polar surface area (TPSA) is 93.7 Å². The van der Waals surface area contributed by atoms with Crippen LogP contribution in [0.3, 0.4) is 0 Å². The number of sulfonamides is 1. The first-order chi connectivity index (χ1) is 13.8. The number of benzene rings is 3. The van der Waals surface area contributed by atoms with Crippen molar-refractivity contribution in [3.63, 3.8) is 0 Å². The first-order valence-corrected chi connectivity index (χ1v) is 10.4. The summed E-state index contributed by atoms with van der Waals surface area (Å²) < 4.78 is 35.9. The molecular weight excluding hydrogens is 392 g/mol. The average Bonchev–Trinajstić information content (AvgIpc) is 2.71. The number of hydrogen-bond acceptors (Lipinski definition) is 5. The first kappa shape index (κ1) is 20.6. The van der Waals surface area contributed by atoms with E-state index in [4.69, 9.17) is 9.47 Å². The fourth-order valence-corrected chi connectivity index (χ4v) is 3.61. The quantitative estimate of drug-likeness (QED) is 0.579. The van der Waals surface area contributed by atoms with Crippen molar-refractivity contribution in [2.45, 2.75) is 24.8 Å². The van der Waals surface area contributed by atoms with Crippen LogP contribution in [-0.4, -0.2) is 27.5 Å². The van der Waals surface area contributed by atoms with Crippen molar-refractivity contribution in [1.82, 2.24) is 10.3 Å². The molecule has 0 aliphatic heterocycles. The Kier molecular flexibility index (Phi) is 6.05. The lowest BCUT2D eigenvalue weighted by atomic mass is 10.1. The number of rotatable bonds is 7. The Hall–Kier alpha value is -3.10. The minimum absolute atomic E-state index is 0.0507. The zero-order valence-electron chi connectivity index (χ0n) is 16.3. The van der Waals surface area contributed by atoms with Crippen LogP contribution in [0.5, 0.6) is 11.5 Å². The highest BCUT2D eigenvalue weighted by atomic mass is 32.2. The van der Waals surface area contributed by atoms with Gasteiger partial charge in [-0.15, -0.1) is 4.83 Å². The Balaban J connectivity index is 1.75. The van der Waals surface area contributed by atoms with Crippen molar-refractivity contribution >= 4 is 26.7 Å². The SMILES string of the molecule is COc1cc(C(=O)NNS(=O)(=O)c2ccc3ccccc3c2)ccc1OC(C)C. The maximum atomic E-state index is 12.5. The van der Waals surface area contributed by atoms with Crippen LogP contribution in [0.4, 0.5) is 0 Å².